The summed E-state index contributed by atoms with van der Waals surface area (Å²) in [7, 11) is 0. The molecular formula is C12H14ClNO5. The van der Waals surface area contributed by atoms with E-state index in [4.69, 9.17) is 26.6 Å². The third-order valence-electron chi connectivity index (χ3n) is 2.19. The van der Waals surface area contributed by atoms with Gasteiger partial charge in [-0.3, -0.25) is 14.5 Å². The SMILES string of the molecule is O=C(O)CN(CCOc1cccc(Cl)c1)CC(=O)O. The van der Waals surface area contributed by atoms with Gasteiger partial charge in [0.1, 0.15) is 12.4 Å². The van der Waals surface area contributed by atoms with Crippen molar-refractivity contribution in [2.75, 3.05) is 26.2 Å². The number of hydrogen-bond acceptors (Lipinski definition) is 4. The van der Waals surface area contributed by atoms with Crippen LogP contribution in [-0.2, 0) is 9.59 Å². The predicted molar refractivity (Wildman–Crippen MR) is 68.7 cm³/mol. The quantitative estimate of drug-likeness (QED) is 0.747. The third kappa shape index (κ3) is 6.64. The maximum Gasteiger partial charge on any atom is 0.317 e. The van der Waals surface area contributed by atoms with Crippen LogP contribution in [0.1, 0.15) is 0 Å². The minimum atomic E-state index is -1.08. The zero-order valence-electron chi connectivity index (χ0n) is 10.1. The van der Waals surface area contributed by atoms with Crippen LogP contribution in [-0.4, -0.2) is 53.3 Å². The van der Waals surface area contributed by atoms with Gasteiger partial charge < -0.3 is 14.9 Å². The zero-order valence-corrected chi connectivity index (χ0v) is 10.8. The highest BCUT2D eigenvalue weighted by atomic mass is 35.5. The first kappa shape index (κ1) is 15.3. The van der Waals surface area contributed by atoms with Gasteiger partial charge in [0.15, 0.2) is 0 Å². The summed E-state index contributed by atoms with van der Waals surface area (Å²) in [6.45, 7) is -0.303. The molecule has 104 valence electrons. The van der Waals surface area contributed by atoms with Gasteiger partial charge in [0, 0.05) is 11.6 Å². The Bertz CT molecular complexity index is 436. The van der Waals surface area contributed by atoms with E-state index in [9.17, 15) is 9.59 Å². The molecule has 0 saturated carbocycles. The molecule has 0 spiro atoms. The molecule has 2 N–H and O–H groups in total. The van der Waals surface area contributed by atoms with Crippen molar-refractivity contribution in [3.8, 4) is 5.75 Å². The van der Waals surface area contributed by atoms with E-state index in [1.165, 1.54) is 4.90 Å². The molecule has 0 aliphatic carbocycles. The molecule has 0 amide bonds. The fourth-order valence-electron chi connectivity index (χ4n) is 1.45. The lowest BCUT2D eigenvalue weighted by Gasteiger charge is -2.18. The number of halogens is 1. The summed E-state index contributed by atoms with van der Waals surface area (Å²) in [5.41, 5.74) is 0. The van der Waals surface area contributed by atoms with Crippen LogP contribution in [0.3, 0.4) is 0 Å². The van der Waals surface area contributed by atoms with Crippen LogP contribution in [0.4, 0.5) is 0 Å². The highest BCUT2D eigenvalue weighted by molar-refractivity contribution is 6.30. The van der Waals surface area contributed by atoms with E-state index in [-0.39, 0.29) is 26.2 Å². The van der Waals surface area contributed by atoms with Gasteiger partial charge in [0.05, 0.1) is 13.1 Å². The molecule has 0 aliphatic rings. The largest absolute Gasteiger partial charge is 0.492 e. The Balaban J connectivity index is 2.43. The number of carboxylic acids is 2. The van der Waals surface area contributed by atoms with Crippen LogP contribution >= 0.6 is 11.6 Å². The number of hydrogen-bond donors (Lipinski definition) is 2. The minimum absolute atomic E-state index is 0.181. The first-order chi connectivity index (χ1) is 8.97. The Kier molecular flexibility index (Phi) is 6.11. The van der Waals surface area contributed by atoms with Gasteiger partial charge in [-0.05, 0) is 18.2 Å². The van der Waals surface area contributed by atoms with E-state index in [1.54, 1.807) is 24.3 Å². The third-order valence-corrected chi connectivity index (χ3v) is 2.43. The van der Waals surface area contributed by atoms with Gasteiger partial charge in [-0.15, -0.1) is 0 Å². The van der Waals surface area contributed by atoms with Crippen molar-refractivity contribution >= 4 is 23.5 Å². The fourth-order valence-corrected chi connectivity index (χ4v) is 1.63. The molecule has 7 heteroatoms. The summed E-state index contributed by atoms with van der Waals surface area (Å²) < 4.78 is 5.37. The smallest absolute Gasteiger partial charge is 0.317 e. The van der Waals surface area contributed by atoms with Crippen molar-refractivity contribution in [2.45, 2.75) is 0 Å². The van der Waals surface area contributed by atoms with Crippen molar-refractivity contribution in [3.63, 3.8) is 0 Å². The van der Waals surface area contributed by atoms with Crippen molar-refractivity contribution in [3.05, 3.63) is 29.3 Å². The van der Waals surface area contributed by atoms with E-state index >= 15 is 0 Å². The molecule has 0 bridgehead atoms. The summed E-state index contributed by atoms with van der Waals surface area (Å²) in [6, 6.07) is 6.77. The maximum absolute atomic E-state index is 10.6. The molecule has 0 radical (unpaired) electrons. The minimum Gasteiger partial charge on any atom is -0.492 e. The highest BCUT2D eigenvalue weighted by Gasteiger charge is 2.13. The van der Waals surface area contributed by atoms with E-state index in [0.29, 0.717) is 10.8 Å². The fraction of sp³-hybridized carbons (Fsp3) is 0.333. The van der Waals surface area contributed by atoms with E-state index < -0.39 is 11.9 Å². The molecule has 1 aromatic rings. The molecule has 0 fully saturated rings. The zero-order chi connectivity index (χ0) is 14.3. The maximum atomic E-state index is 10.6. The second-order valence-corrected chi connectivity index (χ2v) is 4.24. The molecule has 0 saturated heterocycles. The molecule has 6 nitrogen and oxygen atoms in total. The number of carboxylic acid groups (broad SMARTS) is 2. The van der Waals surface area contributed by atoms with Crippen LogP contribution < -0.4 is 4.74 Å². The number of benzene rings is 1. The number of aliphatic carboxylic acids is 2. The second-order valence-electron chi connectivity index (χ2n) is 3.80. The standard InChI is InChI=1S/C12H14ClNO5/c13-9-2-1-3-10(6-9)19-5-4-14(7-11(15)16)8-12(17)18/h1-3,6H,4-5,7-8H2,(H,15,16)(H,17,18). The average molecular weight is 288 g/mol. The summed E-state index contributed by atoms with van der Waals surface area (Å²) in [6.07, 6.45) is 0. The monoisotopic (exact) mass is 287 g/mol. The molecule has 0 heterocycles. The van der Waals surface area contributed by atoms with E-state index in [0.717, 1.165) is 0 Å². The van der Waals surface area contributed by atoms with Crippen molar-refractivity contribution in [1.29, 1.82) is 0 Å². The Morgan fingerprint density at radius 1 is 1.21 bits per heavy atom. The van der Waals surface area contributed by atoms with E-state index in [2.05, 4.69) is 0 Å². The lowest BCUT2D eigenvalue weighted by molar-refractivity contribution is -0.141. The molecule has 1 rings (SSSR count). The normalized spacial score (nSPS) is 10.4. The van der Waals surface area contributed by atoms with Crippen LogP contribution in [0.2, 0.25) is 5.02 Å². The van der Waals surface area contributed by atoms with Crippen molar-refractivity contribution < 1.29 is 24.5 Å². The summed E-state index contributed by atoms with van der Waals surface area (Å²) in [4.78, 5) is 22.4. The molecule has 19 heavy (non-hydrogen) atoms. The lowest BCUT2D eigenvalue weighted by atomic mass is 10.3. The molecular weight excluding hydrogens is 274 g/mol. The van der Waals surface area contributed by atoms with Crippen molar-refractivity contribution in [1.82, 2.24) is 4.90 Å². The number of nitrogens with zero attached hydrogens (tertiary/aromatic N) is 1. The van der Waals surface area contributed by atoms with Crippen molar-refractivity contribution in [2.24, 2.45) is 0 Å². The number of rotatable bonds is 8. The van der Waals surface area contributed by atoms with Gasteiger partial charge in [-0.2, -0.15) is 0 Å². The summed E-state index contributed by atoms with van der Waals surface area (Å²) in [5.74, 6) is -1.61. The molecule has 0 atom stereocenters. The lowest BCUT2D eigenvalue weighted by Crippen LogP contribution is -2.37. The molecule has 0 unspecified atom stereocenters. The van der Waals surface area contributed by atoms with Gasteiger partial charge >= 0.3 is 11.9 Å². The van der Waals surface area contributed by atoms with Gasteiger partial charge in [-0.25, -0.2) is 0 Å². The Morgan fingerprint density at radius 3 is 2.37 bits per heavy atom. The van der Waals surface area contributed by atoms with Gasteiger partial charge in [0.25, 0.3) is 0 Å². The van der Waals surface area contributed by atoms with Crippen LogP contribution in [0, 0.1) is 0 Å². The van der Waals surface area contributed by atoms with Gasteiger partial charge in [-0.1, -0.05) is 17.7 Å². The number of ether oxygens (including phenoxy) is 1. The second kappa shape index (κ2) is 7.60. The average Bonchev–Trinajstić information content (AvgIpc) is 2.27. The van der Waals surface area contributed by atoms with Crippen LogP contribution in [0.25, 0.3) is 0 Å². The molecule has 0 aliphatic heterocycles. The predicted octanol–water partition coefficient (Wildman–Crippen LogP) is 1.19. The van der Waals surface area contributed by atoms with E-state index in [1.807, 2.05) is 0 Å². The Labute approximate surface area is 115 Å². The summed E-state index contributed by atoms with van der Waals surface area (Å²) >= 11 is 5.78. The first-order valence-corrected chi connectivity index (χ1v) is 5.89. The Hall–Kier alpha value is -1.79. The van der Waals surface area contributed by atoms with Crippen LogP contribution in [0.5, 0.6) is 5.75 Å². The highest BCUT2D eigenvalue weighted by Crippen LogP contribution is 2.16. The molecule has 0 aromatic heterocycles. The topological polar surface area (TPSA) is 87.1 Å². The molecule has 1 aromatic carbocycles. The first-order valence-electron chi connectivity index (χ1n) is 5.51. The van der Waals surface area contributed by atoms with Gasteiger partial charge in [0.2, 0.25) is 0 Å². The van der Waals surface area contributed by atoms with Crippen LogP contribution in [0.15, 0.2) is 24.3 Å². The Morgan fingerprint density at radius 2 is 1.84 bits per heavy atom. The summed E-state index contributed by atoms with van der Waals surface area (Å²) in [5, 5.41) is 17.8. The number of carbonyl (C=O) groups is 2.